The Labute approximate surface area is 99.5 Å². The fraction of sp³-hybridized carbons (Fsp3) is 0.231. The van der Waals surface area contributed by atoms with Crippen molar-refractivity contribution in [1.82, 2.24) is 9.97 Å². The van der Waals surface area contributed by atoms with Crippen LogP contribution >= 0.6 is 0 Å². The van der Waals surface area contributed by atoms with Gasteiger partial charge in [0.1, 0.15) is 5.82 Å². The Morgan fingerprint density at radius 1 is 1.18 bits per heavy atom. The lowest BCUT2D eigenvalue weighted by molar-refractivity contribution is 0.615. The Balaban J connectivity index is 2.40. The third kappa shape index (κ3) is 2.47. The van der Waals surface area contributed by atoms with Crippen molar-refractivity contribution in [1.29, 1.82) is 0 Å². The first kappa shape index (κ1) is 11.7. The Kier molecular flexibility index (Phi) is 3.15. The largest absolute Gasteiger partial charge is 0.319 e. The number of nitrogens with zero attached hydrogens (tertiary/aromatic N) is 2. The van der Waals surface area contributed by atoms with E-state index in [1.807, 2.05) is 19.9 Å². The van der Waals surface area contributed by atoms with Crippen molar-refractivity contribution >= 4 is 0 Å². The summed E-state index contributed by atoms with van der Waals surface area (Å²) in [6.45, 7) is 3.92. The lowest BCUT2D eigenvalue weighted by atomic mass is 10.0. The second-order valence-electron chi connectivity index (χ2n) is 4.13. The van der Waals surface area contributed by atoms with Crippen molar-refractivity contribution in [3.8, 4) is 0 Å². The molecule has 1 unspecified atom stereocenters. The van der Waals surface area contributed by atoms with Gasteiger partial charge in [-0.2, -0.15) is 0 Å². The number of aryl methyl sites for hydroxylation is 2. The number of pyridine rings is 2. The van der Waals surface area contributed by atoms with Gasteiger partial charge in [-0.25, -0.2) is 4.39 Å². The molecule has 1 atom stereocenters. The maximum atomic E-state index is 13.1. The van der Waals surface area contributed by atoms with Crippen LogP contribution in [0.25, 0.3) is 0 Å². The monoisotopic (exact) mass is 231 g/mol. The van der Waals surface area contributed by atoms with Gasteiger partial charge in [-0.15, -0.1) is 0 Å². The molecule has 0 bridgehead atoms. The minimum atomic E-state index is -0.446. The van der Waals surface area contributed by atoms with Crippen LogP contribution in [-0.2, 0) is 0 Å². The molecule has 2 aromatic rings. The van der Waals surface area contributed by atoms with Gasteiger partial charge in [-0.3, -0.25) is 9.97 Å². The molecule has 0 radical (unpaired) electrons. The third-order valence-corrected chi connectivity index (χ3v) is 2.64. The summed E-state index contributed by atoms with van der Waals surface area (Å²) in [5, 5.41) is 0. The van der Waals surface area contributed by atoms with Gasteiger partial charge in [0.2, 0.25) is 0 Å². The number of hydrogen-bond acceptors (Lipinski definition) is 3. The molecular formula is C13H14FN3. The van der Waals surface area contributed by atoms with Gasteiger partial charge in [-0.05, 0) is 36.6 Å². The molecule has 2 aromatic heterocycles. The molecule has 0 aliphatic carbocycles. The van der Waals surface area contributed by atoms with E-state index in [0.717, 1.165) is 23.0 Å². The van der Waals surface area contributed by atoms with Gasteiger partial charge in [0.05, 0.1) is 17.9 Å². The van der Waals surface area contributed by atoms with Crippen molar-refractivity contribution in [2.75, 3.05) is 0 Å². The first-order valence-corrected chi connectivity index (χ1v) is 5.37. The number of hydrogen-bond donors (Lipinski definition) is 1. The second-order valence-corrected chi connectivity index (χ2v) is 4.13. The van der Waals surface area contributed by atoms with Crippen LogP contribution in [0, 0.1) is 19.7 Å². The summed E-state index contributed by atoms with van der Waals surface area (Å²) in [5.41, 5.74) is 9.53. The molecule has 4 heteroatoms. The summed E-state index contributed by atoms with van der Waals surface area (Å²) >= 11 is 0. The Morgan fingerprint density at radius 3 is 2.59 bits per heavy atom. The molecular weight excluding hydrogens is 217 g/mol. The molecule has 88 valence electrons. The zero-order valence-corrected chi connectivity index (χ0v) is 9.81. The van der Waals surface area contributed by atoms with Gasteiger partial charge in [0.15, 0.2) is 0 Å². The van der Waals surface area contributed by atoms with Crippen LogP contribution in [0.1, 0.15) is 28.4 Å². The fourth-order valence-corrected chi connectivity index (χ4v) is 1.81. The van der Waals surface area contributed by atoms with E-state index in [1.165, 1.54) is 6.07 Å². The molecule has 17 heavy (non-hydrogen) atoms. The van der Waals surface area contributed by atoms with E-state index in [-0.39, 0.29) is 5.82 Å². The Bertz CT molecular complexity index is 540. The van der Waals surface area contributed by atoms with Gasteiger partial charge < -0.3 is 5.73 Å². The van der Waals surface area contributed by atoms with Gasteiger partial charge >= 0.3 is 0 Å². The van der Waals surface area contributed by atoms with E-state index >= 15 is 0 Å². The summed E-state index contributed by atoms with van der Waals surface area (Å²) in [7, 11) is 0. The quantitative estimate of drug-likeness (QED) is 0.862. The first-order chi connectivity index (χ1) is 8.08. The average molecular weight is 231 g/mol. The molecule has 0 saturated heterocycles. The molecule has 0 fully saturated rings. The van der Waals surface area contributed by atoms with Crippen molar-refractivity contribution in [3.05, 3.63) is 58.9 Å². The summed E-state index contributed by atoms with van der Waals surface area (Å²) < 4.78 is 13.1. The highest BCUT2D eigenvalue weighted by atomic mass is 19.1. The van der Waals surface area contributed by atoms with Crippen LogP contribution in [0.15, 0.2) is 30.7 Å². The number of rotatable bonds is 2. The topological polar surface area (TPSA) is 51.8 Å². The highest BCUT2D eigenvalue weighted by Gasteiger charge is 2.13. The Morgan fingerprint density at radius 2 is 1.94 bits per heavy atom. The molecule has 0 aliphatic heterocycles. The maximum Gasteiger partial charge on any atom is 0.141 e. The third-order valence-electron chi connectivity index (χ3n) is 2.64. The molecule has 0 amide bonds. The molecule has 2 rings (SSSR count). The van der Waals surface area contributed by atoms with Crippen LogP contribution in [0.4, 0.5) is 4.39 Å². The summed E-state index contributed by atoms with van der Waals surface area (Å²) in [5.74, 6) is -0.386. The van der Waals surface area contributed by atoms with Crippen LogP contribution in [0.2, 0.25) is 0 Å². The SMILES string of the molecule is Cc1cnc(C(N)c2cncc(F)c2)c(C)c1. The zero-order chi connectivity index (χ0) is 12.4. The van der Waals surface area contributed by atoms with E-state index in [2.05, 4.69) is 9.97 Å². The minimum absolute atomic E-state index is 0.386. The van der Waals surface area contributed by atoms with E-state index in [1.54, 1.807) is 12.4 Å². The maximum absolute atomic E-state index is 13.1. The van der Waals surface area contributed by atoms with Crippen LogP contribution in [0.5, 0.6) is 0 Å². The van der Waals surface area contributed by atoms with E-state index in [0.29, 0.717) is 5.56 Å². The summed E-state index contributed by atoms with van der Waals surface area (Å²) in [6, 6.07) is 2.95. The summed E-state index contributed by atoms with van der Waals surface area (Å²) in [6.07, 6.45) is 4.48. The van der Waals surface area contributed by atoms with Crippen LogP contribution in [0.3, 0.4) is 0 Å². The van der Waals surface area contributed by atoms with Gasteiger partial charge in [0.25, 0.3) is 0 Å². The lowest BCUT2D eigenvalue weighted by Gasteiger charge is -2.14. The van der Waals surface area contributed by atoms with Crippen molar-refractivity contribution in [2.45, 2.75) is 19.9 Å². The Hall–Kier alpha value is -1.81. The normalized spacial score (nSPS) is 12.5. The van der Waals surface area contributed by atoms with E-state index < -0.39 is 6.04 Å². The lowest BCUT2D eigenvalue weighted by Crippen LogP contribution is -2.15. The fourth-order valence-electron chi connectivity index (χ4n) is 1.81. The predicted molar refractivity (Wildman–Crippen MR) is 63.9 cm³/mol. The second kappa shape index (κ2) is 4.59. The average Bonchev–Trinajstić information content (AvgIpc) is 2.28. The molecule has 2 heterocycles. The van der Waals surface area contributed by atoms with Crippen molar-refractivity contribution < 1.29 is 4.39 Å². The molecule has 0 spiro atoms. The van der Waals surface area contributed by atoms with E-state index in [9.17, 15) is 4.39 Å². The van der Waals surface area contributed by atoms with E-state index in [4.69, 9.17) is 5.73 Å². The van der Waals surface area contributed by atoms with Gasteiger partial charge in [0, 0.05) is 12.4 Å². The smallest absolute Gasteiger partial charge is 0.141 e. The first-order valence-electron chi connectivity index (χ1n) is 5.37. The van der Waals surface area contributed by atoms with Gasteiger partial charge in [-0.1, -0.05) is 6.07 Å². The minimum Gasteiger partial charge on any atom is -0.319 e. The number of aromatic nitrogens is 2. The van der Waals surface area contributed by atoms with Crippen molar-refractivity contribution in [3.63, 3.8) is 0 Å². The molecule has 0 saturated carbocycles. The highest BCUT2D eigenvalue weighted by molar-refractivity contribution is 5.32. The molecule has 0 aliphatic rings. The molecule has 0 aromatic carbocycles. The molecule has 2 N–H and O–H groups in total. The standard InChI is InChI=1S/C13H14FN3/c1-8-3-9(2)13(17-5-8)12(15)10-4-11(14)7-16-6-10/h3-7,12H,15H2,1-2H3. The van der Waals surface area contributed by atoms with Crippen molar-refractivity contribution in [2.24, 2.45) is 5.73 Å². The molecule has 3 nitrogen and oxygen atoms in total. The number of nitrogens with two attached hydrogens (primary N) is 1. The predicted octanol–water partition coefficient (Wildman–Crippen LogP) is 2.28. The number of halogens is 1. The van der Waals surface area contributed by atoms with Crippen LogP contribution < -0.4 is 5.73 Å². The van der Waals surface area contributed by atoms with Crippen LogP contribution in [-0.4, -0.2) is 9.97 Å². The zero-order valence-electron chi connectivity index (χ0n) is 9.81. The highest BCUT2D eigenvalue weighted by Crippen LogP contribution is 2.20. The summed E-state index contributed by atoms with van der Waals surface area (Å²) in [4.78, 5) is 8.10.